The summed E-state index contributed by atoms with van der Waals surface area (Å²) in [6.45, 7) is 3.91. The van der Waals surface area contributed by atoms with Gasteiger partial charge in [0, 0.05) is 25.0 Å². The van der Waals surface area contributed by atoms with Crippen molar-refractivity contribution in [3.05, 3.63) is 35.9 Å². The van der Waals surface area contributed by atoms with E-state index in [1.54, 1.807) is 6.26 Å². The van der Waals surface area contributed by atoms with Crippen LogP contribution in [0.2, 0.25) is 0 Å². The normalized spacial score (nSPS) is 20.6. The number of rotatable bonds is 6. The number of hydrogen-bond acceptors (Lipinski definition) is 6. The van der Waals surface area contributed by atoms with Crippen molar-refractivity contribution in [3.8, 4) is 0 Å². The molecule has 0 aromatic carbocycles. The third-order valence-corrected chi connectivity index (χ3v) is 5.47. The van der Waals surface area contributed by atoms with E-state index >= 15 is 0 Å². The molecule has 0 spiro atoms. The lowest BCUT2D eigenvalue weighted by Gasteiger charge is -2.35. The fourth-order valence-electron chi connectivity index (χ4n) is 3.65. The van der Waals surface area contributed by atoms with Crippen LogP contribution in [0.15, 0.2) is 27.3 Å². The molecule has 6 nitrogen and oxygen atoms in total. The lowest BCUT2D eigenvalue weighted by molar-refractivity contribution is 0.112. The number of piperidine rings is 1. The molecule has 0 unspecified atom stereocenters. The summed E-state index contributed by atoms with van der Waals surface area (Å²) in [4.78, 5) is 9.43. The predicted octanol–water partition coefficient (Wildman–Crippen LogP) is 3.03. The highest BCUT2D eigenvalue weighted by atomic mass is 16.5. The van der Waals surface area contributed by atoms with Gasteiger partial charge in [0.05, 0.1) is 19.4 Å². The van der Waals surface area contributed by atoms with Gasteiger partial charge in [-0.05, 0) is 44.9 Å². The molecule has 2 aliphatic rings. The fraction of sp³-hybridized carbons (Fsp3) is 0.667. The molecule has 6 heteroatoms. The van der Waals surface area contributed by atoms with E-state index < -0.39 is 0 Å². The molecule has 0 N–H and O–H groups in total. The van der Waals surface area contributed by atoms with Crippen LogP contribution in [0.25, 0.3) is 0 Å². The summed E-state index contributed by atoms with van der Waals surface area (Å²) in [6.07, 6.45) is 7.78. The molecule has 1 saturated carbocycles. The van der Waals surface area contributed by atoms with E-state index in [1.165, 1.54) is 32.1 Å². The third kappa shape index (κ3) is 3.54. The molecule has 2 fully saturated rings. The number of aromatic nitrogens is 2. The predicted molar refractivity (Wildman–Crippen MR) is 89.4 cm³/mol. The molecule has 0 radical (unpaired) electrons. The smallest absolute Gasteiger partial charge is 0.229 e. The Bertz CT molecular complexity index is 627. The fourth-order valence-corrected chi connectivity index (χ4v) is 3.65. The van der Waals surface area contributed by atoms with E-state index in [0.29, 0.717) is 12.0 Å². The van der Waals surface area contributed by atoms with Crippen molar-refractivity contribution >= 4 is 0 Å². The van der Waals surface area contributed by atoms with Crippen LogP contribution >= 0.6 is 0 Å². The number of furan rings is 1. The van der Waals surface area contributed by atoms with E-state index in [1.807, 2.05) is 12.1 Å². The highest BCUT2D eigenvalue weighted by Gasteiger charge is 2.27. The van der Waals surface area contributed by atoms with Crippen LogP contribution in [0.3, 0.4) is 0 Å². The van der Waals surface area contributed by atoms with Crippen molar-refractivity contribution in [3.63, 3.8) is 0 Å². The Morgan fingerprint density at radius 1 is 1.25 bits per heavy atom. The molecule has 2 aromatic heterocycles. The second-order valence-electron chi connectivity index (χ2n) is 7.18. The van der Waals surface area contributed by atoms with Crippen molar-refractivity contribution in [2.75, 3.05) is 20.1 Å². The Morgan fingerprint density at radius 3 is 2.75 bits per heavy atom. The van der Waals surface area contributed by atoms with E-state index in [0.717, 1.165) is 43.7 Å². The van der Waals surface area contributed by atoms with E-state index in [4.69, 9.17) is 8.94 Å². The van der Waals surface area contributed by atoms with Crippen LogP contribution < -0.4 is 0 Å². The number of likely N-dealkylation sites (tertiary alicyclic amines) is 1. The maximum Gasteiger partial charge on any atom is 0.229 e. The maximum absolute atomic E-state index is 5.45. The highest BCUT2D eigenvalue weighted by Crippen LogP contribution is 2.35. The van der Waals surface area contributed by atoms with Crippen LogP contribution in [0.1, 0.15) is 55.5 Å². The molecule has 2 aromatic rings. The van der Waals surface area contributed by atoms with Gasteiger partial charge < -0.3 is 8.94 Å². The Labute approximate surface area is 142 Å². The van der Waals surface area contributed by atoms with Gasteiger partial charge in [0.2, 0.25) is 5.89 Å². The monoisotopic (exact) mass is 330 g/mol. The molecule has 1 aliphatic heterocycles. The summed E-state index contributed by atoms with van der Waals surface area (Å²) in [5.74, 6) is 3.24. The van der Waals surface area contributed by atoms with Crippen LogP contribution in [0, 0.1) is 0 Å². The second-order valence-corrected chi connectivity index (χ2v) is 7.18. The topological polar surface area (TPSA) is 58.5 Å². The van der Waals surface area contributed by atoms with Gasteiger partial charge in [0.15, 0.2) is 5.82 Å². The summed E-state index contributed by atoms with van der Waals surface area (Å²) in [6, 6.07) is 4.59. The summed E-state index contributed by atoms with van der Waals surface area (Å²) in [7, 11) is 2.17. The van der Waals surface area contributed by atoms with Crippen molar-refractivity contribution in [1.29, 1.82) is 0 Å². The lowest BCUT2D eigenvalue weighted by atomic mass is 9.85. The first-order chi connectivity index (χ1) is 11.8. The molecular formula is C18H26N4O2. The van der Waals surface area contributed by atoms with Gasteiger partial charge >= 0.3 is 0 Å². The van der Waals surface area contributed by atoms with Crippen LogP contribution in [-0.4, -0.2) is 46.1 Å². The van der Waals surface area contributed by atoms with Crippen molar-refractivity contribution < 1.29 is 8.94 Å². The maximum atomic E-state index is 5.45. The molecule has 3 heterocycles. The Kier molecular flexibility index (Phi) is 4.67. The van der Waals surface area contributed by atoms with Gasteiger partial charge in [-0.3, -0.25) is 9.80 Å². The minimum absolute atomic E-state index is 0.515. The van der Waals surface area contributed by atoms with E-state index in [-0.39, 0.29) is 0 Å². The minimum atomic E-state index is 0.515. The van der Waals surface area contributed by atoms with Crippen LogP contribution in [0.4, 0.5) is 0 Å². The summed E-state index contributed by atoms with van der Waals surface area (Å²) in [5.41, 5.74) is 0. The molecule has 0 amide bonds. The van der Waals surface area contributed by atoms with Gasteiger partial charge in [-0.25, -0.2) is 0 Å². The van der Waals surface area contributed by atoms with Gasteiger partial charge in [0.25, 0.3) is 0 Å². The second kappa shape index (κ2) is 7.07. The summed E-state index contributed by atoms with van der Waals surface area (Å²) < 4.78 is 10.9. The lowest BCUT2D eigenvalue weighted by Crippen LogP contribution is -2.42. The van der Waals surface area contributed by atoms with Crippen molar-refractivity contribution in [1.82, 2.24) is 19.9 Å². The van der Waals surface area contributed by atoms with Crippen molar-refractivity contribution in [2.45, 2.75) is 57.2 Å². The Hall–Kier alpha value is -1.66. The molecule has 4 rings (SSSR count). The van der Waals surface area contributed by atoms with Crippen molar-refractivity contribution in [2.24, 2.45) is 0 Å². The first-order valence-electron chi connectivity index (χ1n) is 9.05. The van der Waals surface area contributed by atoms with Gasteiger partial charge in [-0.2, -0.15) is 4.98 Å². The van der Waals surface area contributed by atoms with Crippen LogP contribution in [0.5, 0.6) is 0 Å². The van der Waals surface area contributed by atoms with E-state index in [2.05, 4.69) is 27.0 Å². The number of nitrogens with zero attached hydrogens (tertiary/aromatic N) is 4. The zero-order valence-electron chi connectivity index (χ0n) is 14.4. The standard InChI is InChI=1S/C18H26N4O2/c1-21(13-17-19-18(24-20-17)14-4-2-5-14)15-7-9-22(10-8-15)12-16-6-3-11-23-16/h3,6,11,14-15H,2,4-5,7-10,12-13H2,1H3. The minimum Gasteiger partial charge on any atom is -0.468 e. The number of hydrogen-bond donors (Lipinski definition) is 0. The van der Waals surface area contributed by atoms with Crippen LogP contribution in [-0.2, 0) is 13.1 Å². The quantitative estimate of drug-likeness (QED) is 0.811. The van der Waals surface area contributed by atoms with Gasteiger partial charge in [-0.1, -0.05) is 11.6 Å². The zero-order chi connectivity index (χ0) is 16.4. The molecule has 1 aliphatic carbocycles. The summed E-state index contributed by atoms with van der Waals surface area (Å²) >= 11 is 0. The Morgan fingerprint density at radius 2 is 2.08 bits per heavy atom. The summed E-state index contributed by atoms with van der Waals surface area (Å²) in [5, 5.41) is 4.17. The van der Waals surface area contributed by atoms with Gasteiger partial charge in [-0.15, -0.1) is 0 Å². The molecule has 130 valence electrons. The molecule has 0 bridgehead atoms. The third-order valence-electron chi connectivity index (χ3n) is 5.47. The SMILES string of the molecule is CN(Cc1noc(C2CCC2)n1)C1CCN(Cc2ccco2)CC1. The zero-order valence-corrected chi connectivity index (χ0v) is 14.4. The van der Waals surface area contributed by atoms with Gasteiger partial charge in [0.1, 0.15) is 5.76 Å². The average molecular weight is 330 g/mol. The van der Waals surface area contributed by atoms with E-state index in [9.17, 15) is 0 Å². The first kappa shape index (κ1) is 15.8. The highest BCUT2D eigenvalue weighted by molar-refractivity contribution is 4.99. The molecular weight excluding hydrogens is 304 g/mol. The first-order valence-corrected chi connectivity index (χ1v) is 9.05. The average Bonchev–Trinajstić information content (AvgIpc) is 3.19. The molecule has 1 saturated heterocycles. The Balaban J connectivity index is 1.25. The largest absolute Gasteiger partial charge is 0.468 e. The molecule has 0 atom stereocenters. The molecule has 24 heavy (non-hydrogen) atoms.